The lowest BCUT2D eigenvalue weighted by Crippen LogP contribution is -2.22. The fourth-order valence-electron chi connectivity index (χ4n) is 1.80. The van der Waals surface area contributed by atoms with Crippen molar-refractivity contribution in [3.8, 4) is 5.75 Å². The van der Waals surface area contributed by atoms with Gasteiger partial charge in [-0.05, 0) is 24.3 Å². The summed E-state index contributed by atoms with van der Waals surface area (Å²) in [5.41, 5.74) is 0.307. The van der Waals surface area contributed by atoms with Crippen LogP contribution in [0.1, 0.15) is 0 Å². The van der Waals surface area contributed by atoms with Crippen LogP contribution in [0.2, 0.25) is 0 Å². The van der Waals surface area contributed by atoms with Gasteiger partial charge in [0.2, 0.25) is 10.0 Å². The molecule has 0 saturated carbocycles. The second-order valence-corrected chi connectivity index (χ2v) is 6.55. The highest BCUT2D eigenvalue weighted by Gasteiger charge is 2.22. The van der Waals surface area contributed by atoms with E-state index in [9.17, 15) is 13.2 Å². The summed E-state index contributed by atoms with van der Waals surface area (Å²) in [7, 11) is -0.756. The molecule has 2 aromatic rings. The number of carboxylic acids is 1. The number of carboxylic acid groups (broad SMARTS) is 1. The van der Waals surface area contributed by atoms with Crippen molar-refractivity contribution in [1.82, 2.24) is 9.29 Å². The number of nitrogens with zero attached hydrogens (tertiary/aromatic N) is 2. The number of rotatable bonds is 5. The fourth-order valence-corrected chi connectivity index (χ4v) is 2.87. The van der Waals surface area contributed by atoms with Crippen molar-refractivity contribution in [3.05, 3.63) is 30.5 Å². The second-order valence-electron chi connectivity index (χ2n) is 4.43. The molecule has 1 N–H and O–H groups in total. The van der Waals surface area contributed by atoms with Gasteiger partial charge in [-0.15, -0.1) is 0 Å². The van der Waals surface area contributed by atoms with Gasteiger partial charge in [0.05, 0.1) is 4.90 Å². The first-order valence-corrected chi connectivity index (χ1v) is 7.43. The van der Waals surface area contributed by atoms with Crippen LogP contribution < -0.4 is 4.74 Å². The van der Waals surface area contributed by atoms with Crippen LogP contribution >= 0.6 is 0 Å². The fraction of sp³-hybridized carbons (Fsp3) is 0.231. The maximum absolute atomic E-state index is 12.3. The molecule has 0 aliphatic rings. The van der Waals surface area contributed by atoms with Crippen molar-refractivity contribution in [3.63, 3.8) is 0 Å². The van der Waals surface area contributed by atoms with Crippen LogP contribution in [0.3, 0.4) is 0 Å². The van der Waals surface area contributed by atoms with Crippen molar-refractivity contribution < 1.29 is 23.1 Å². The minimum Gasteiger partial charge on any atom is -0.480 e. The zero-order chi connectivity index (χ0) is 15.6. The summed E-state index contributed by atoms with van der Waals surface area (Å²) in [6.45, 7) is -0.522. The first-order chi connectivity index (χ1) is 9.84. The Kier molecular flexibility index (Phi) is 4.10. The summed E-state index contributed by atoms with van der Waals surface area (Å²) in [6.07, 6.45) is 1.49. The van der Waals surface area contributed by atoms with Gasteiger partial charge in [-0.2, -0.15) is 0 Å². The molecule has 1 heterocycles. The smallest absolute Gasteiger partial charge is 0.341 e. The van der Waals surface area contributed by atoms with Gasteiger partial charge in [0.15, 0.2) is 6.61 Å². The SMILES string of the molecule is CN(C)S(=O)(=O)c1ccc(OCC(=O)O)c2ncccc12. The number of aromatic nitrogens is 1. The van der Waals surface area contributed by atoms with Crippen molar-refractivity contribution in [2.75, 3.05) is 20.7 Å². The Bertz CT molecular complexity index is 786. The number of sulfonamides is 1. The lowest BCUT2D eigenvalue weighted by atomic mass is 10.2. The van der Waals surface area contributed by atoms with Crippen molar-refractivity contribution in [1.29, 1.82) is 0 Å². The third-order valence-corrected chi connectivity index (χ3v) is 4.68. The molecule has 0 unspecified atom stereocenters. The molecule has 0 aliphatic carbocycles. The Morgan fingerprint density at radius 3 is 2.67 bits per heavy atom. The Morgan fingerprint density at radius 1 is 1.33 bits per heavy atom. The molecule has 0 atom stereocenters. The van der Waals surface area contributed by atoms with Gasteiger partial charge in [0.25, 0.3) is 0 Å². The number of pyridine rings is 1. The molecule has 0 amide bonds. The predicted octanol–water partition coefficient (Wildman–Crippen LogP) is 0.948. The predicted molar refractivity (Wildman–Crippen MR) is 75.7 cm³/mol. The molecule has 0 radical (unpaired) electrons. The largest absolute Gasteiger partial charge is 0.480 e. The molecule has 8 heteroatoms. The summed E-state index contributed by atoms with van der Waals surface area (Å²) < 4.78 is 30.8. The van der Waals surface area contributed by atoms with E-state index in [2.05, 4.69) is 4.98 Å². The lowest BCUT2D eigenvalue weighted by molar-refractivity contribution is -0.139. The molecule has 0 spiro atoms. The molecular weight excluding hydrogens is 296 g/mol. The van der Waals surface area contributed by atoms with Gasteiger partial charge >= 0.3 is 5.97 Å². The summed E-state index contributed by atoms with van der Waals surface area (Å²) in [4.78, 5) is 14.8. The molecule has 0 fully saturated rings. The molecular formula is C13H14N2O5S. The van der Waals surface area contributed by atoms with Crippen LogP contribution in [0, 0.1) is 0 Å². The first-order valence-electron chi connectivity index (χ1n) is 5.99. The number of fused-ring (bicyclic) bond motifs is 1. The van der Waals surface area contributed by atoms with Crippen LogP contribution in [0.25, 0.3) is 10.9 Å². The van der Waals surface area contributed by atoms with Gasteiger partial charge in [-0.25, -0.2) is 17.5 Å². The van der Waals surface area contributed by atoms with Crippen LogP contribution in [0.15, 0.2) is 35.4 Å². The van der Waals surface area contributed by atoms with Gasteiger partial charge in [-0.1, -0.05) is 0 Å². The number of benzene rings is 1. The summed E-state index contributed by atoms with van der Waals surface area (Å²) in [6, 6.07) is 6.01. The molecule has 0 saturated heterocycles. The standard InChI is InChI=1S/C13H14N2O5S/c1-15(2)21(18,19)11-6-5-10(20-8-12(16)17)13-9(11)4-3-7-14-13/h3-7H,8H2,1-2H3,(H,16,17). The monoisotopic (exact) mass is 310 g/mol. The number of carbonyl (C=O) groups is 1. The van der Waals surface area contributed by atoms with Crippen LogP contribution in [-0.4, -0.2) is 49.5 Å². The molecule has 0 aliphatic heterocycles. The second kappa shape index (κ2) is 5.66. The number of ether oxygens (including phenoxy) is 1. The zero-order valence-corrected chi connectivity index (χ0v) is 12.3. The van der Waals surface area contributed by atoms with Gasteiger partial charge in [0, 0.05) is 25.7 Å². The number of hydrogen-bond acceptors (Lipinski definition) is 5. The highest BCUT2D eigenvalue weighted by atomic mass is 32.2. The minimum absolute atomic E-state index is 0.0956. The van der Waals surface area contributed by atoms with Gasteiger partial charge in [-0.3, -0.25) is 4.98 Å². The topological polar surface area (TPSA) is 96.8 Å². The third-order valence-electron chi connectivity index (χ3n) is 2.80. The van der Waals surface area contributed by atoms with E-state index in [1.807, 2.05) is 0 Å². The Hall–Kier alpha value is -2.19. The molecule has 112 valence electrons. The average Bonchev–Trinajstić information content (AvgIpc) is 2.44. The van der Waals surface area contributed by atoms with Gasteiger partial charge in [0.1, 0.15) is 11.3 Å². The van der Waals surface area contributed by atoms with E-state index in [0.717, 1.165) is 4.31 Å². The molecule has 7 nitrogen and oxygen atoms in total. The van der Waals surface area contributed by atoms with Crippen LogP contribution in [0.5, 0.6) is 5.75 Å². The summed E-state index contributed by atoms with van der Waals surface area (Å²) in [5, 5.41) is 9.04. The highest BCUT2D eigenvalue weighted by Crippen LogP contribution is 2.30. The van der Waals surface area contributed by atoms with E-state index >= 15 is 0 Å². The van der Waals surface area contributed by atoms with E-state index in [1.165, 1.54) is 32.4 Å². The average molecular weight is 310 g/mol. The third kappa shape index (κ3) is 2.96. The van der Waals surface area contributed by atoms with E-state index in [-0.39, 0.29) is 10.6 Å². The quantitative estimate of drug-likeness (QED) is 0.883. The Morgan fingerprint density at radius 2 is 2.05 bits per heavy atom. The molecule has 0 bridgehead atoms. The Labute approximate surface area is 121 Å². The van der Waals surface area contributed by atoms with Crippen molar-refractivity contribution in [2.45, 2.75) is 4.90 Å². The van der Waals surface area contributed by atoms with Gasteiger partial charge < -0.3 is 9.84 Å². The summed E-state index contributed by atoms with van der Waals surface area (Å²) >= 11 is 0. The maximum atomic E-state index is 12.3. The highest BCUT2D eigenvalue weighted by molar-refractivity contribution is 7.89. The minimum atomic E-state index is -3.63. The molecule has 2 rings (SSSR count). The maximum Gasteiger partial charge on any atom is 0.341 e. The Balaban J connectivity index is 2.63. The van der Waals surface area contributed by atoms with Crippen LogP contribution in [-0.2, 0) is 14.8 Å². The molecule has 1 aromatic carbocycles. The van der Waals surface area contributed by atoms with E-state index < -0.39 is 22.6 Å². The number of hydrogen-bond donors (Lipinski definition) is 1. The zero-order valence-electron chi connectivity index (χ0n) is 11.5. The molecule has 1 aromatic heterocycles. The van der Waals surface area contributed by atoms with Crippen molar-refractivity contribution in [2.24, 2.45) is 0 Å². The van der Waals surface area contributed by atoms with E-state index in [4.69, 9.17) is 9.84 Å². The normalized spacial score (nSPS) is 11.8. The van der Waals surface area contributed by atoms with Crippen LogP contribution in [0.4, 0.5) is 0 Å². The van der Waals surface area contributed by atoms with E-state index in [0.29, 0.717) is 10.9 Å². The summed E-state index contributed by atoms with van der Waals surface area (Å²) in [5.74, 6) is -0.894. The molecule has 21 heavy (non-hydrogen) atoms. The number of aliphatic carboxylic acids is 1. The lowest BCUT2D eigenvalue weighted by Gasteiger charge is -2.14. The first kappa shape index (κ1) is 15.2. The van der Waals surface area contributed by atoms with E-state index in [1.54, 1.807) is 12.1 Å². The van der Waals surface area contributed by atoms with Crippen molar-refractivity contribution >= 4 is 26.9 Å².